The lowest BCUT2D eigenvalue weighted by Gasteiger charge is -2.10. The second kappa shape index (κ2) is 9.66. The molecule has 2 aromatic carbocycles. The number of rotatable bonds is 6. The van der Waals surface area contributed by atoms with Gasteiger partial charge in [-0.15, -0.1) is 11.3 Å². The van der Waals surface area contributed by atoms with Crippen LogP contribution in [0.15, 0.2) is 79.1 Å². The molecule has 11 heteroatoms. The summed E-state index contributed by atoms with van der Waals surface area (Å²) in [6.07, 6.45) is -0.772. The number of hydrogen-bond donors (Lipinski definition) is 1. The quantitative estimate of drug-likeness (QED) is 0.253. The van der Waals surface area contributed by atoms with Crippen LogP contribution in [0.4, 0.5) is 18.9 Å². The van der Waals surface area contributed by atoms with Crippen LogP contribution in [-0.4, -0.2) is 30.3 Å². The molecule has 0 aliphatic heterocycles. The number of carbonyl (C=O) groups excluding carboxylic acids is 1. The number of amides is 1. The molecule has 7 nitrogen and oxygen atoms in total. The fraction of sp³-hybridized carbons (Fsp3) is 0.143. The second-order valence-electron chi connectivity index (χ2n) is 8.96. The van der Waals surface area contributed by atoms with Gasteiger partial charge in [0.2, 0.25) is 0 Å². The number of hydrogen-bond acceptors (Lipinski definition) is 5. The highest BCUT2D eigenvalue weighted by Crippen LogP contribution is 2.34. The van der Waals surface area contributed by atoms with E-state index in [-0.39, 0.29) is 17.0 Å². The Kier molecular flexibility index (Phi) is 6.15. The van der Waals surface area contributed by atoms with Crippen LogP contribution >= 0.6 is 11.3 Å². The first-order valence-corrected chi connectivity index (χ1v) is 13.0. The van der Waals surface area contributed by atoms with Gasteiger partial charge in [-0.2, -0.15) is 23.4 Å². The van der Waals surface area contributed by atoms with Crippen molar-refractivity contribution in [3.05, 3.63) is 101 Å². The predicted molar refractivity (Wildman–Crippen MR) is 144 cm³/mol. The Morgan fingerprint density at radius 3 is 2.67 bits per heavy atom. The monoisotopic (exact) mass is 546 g/mol. The predicted octanol–water partition coefficient (Wildman–Crippen LogP) is 6.69. The molecule has 0 fully saturated rings. The third-order valence-corrected chi connectivity index (χ3v) is 7.57. The van der Waals surface area contributed by atoms with E-state index in [0.29, 0.717) is 21.6 Å². The van der Waals surface area contributed by atoms with E-state index >= 15 is 0 Å². The third kappa shape index (κ3) is 4.88. The third-order valence-electron chi connectivity index (χ3n) is 6.32. The normalized spacial score (nSPS) is 11.9. The lowest BCUT2D eigenvalue weighted by Crippen LogP contribution is -2.15. The van der Waals surface area contributed by atoms with Gasteiger partial charge in [0.25, 0.3) is 5.91 Å². The summed E-state index contributed by atoms with van der Waals surface area (Å²) >= 11 is 1.38. The van der Waals surface area contributed by atoms with Crippen molar-refractivity contribution < 1.29 is 18.0 Å². The van der Waals surface area contributed by atoms with Gasteiger partial charge in [-0.1, -0.05) is 49.4 Å². The number of carbonyl (C=O) groups is 1. The molecule has 0 saturated carbocycles. The highest BCUT2D eigenvalue weighted by Gasteiger charge is 2.36. The Labute approximate surface area is 224 Å². The van der Waals surface area contributed by atoms with E-state index in [2.05, 4.69) is 20.5 Å². The van der Waals surface area contributed by atoms with Gasteiger partial charge in [-0.3, -0.25) is 9.48 Å². The van der Waals surface area contributed by atoms with Gasteiger partial charge in [0.1, 0.15) is 0 Å². The van der Waals surface area contributed by atoms with Gasteiger partial charge in [-0.25, -0.2) is 9.50 Å². The molecule has 0 radical (unpaired) electrons. The van der Waals surface area contributed by atoms with E-state index in [1.807, 2.05) is 55.5 Å². The summed E-state index contributed by atoms with van der Waals surface area (Å²) < 4.78 is 44.1. The molecule has 1 N–H and O–H groups in total. The van der Waals surface area contributed by atoms with E-state index in [1.54, 1.807) is 16.9 Å². The molecule has 39 heavy (non-hydrogen) atoms. The number of benzene rings is 2. The SMILES string of the molecule is CCc1ccc(-c2cc(C(F)(F)F)n3nc(C(=O)Nc4cnn(Cc5cccc6ccccc56)c4)cc3n2)s1. The van der Waals surface area contributed by atoms with Crippen molar-refractivity contribution in [3.63, 3.8) is 0 Å². The zero-order valence-electron chi connectivity index (χ0n) is 20.6. The molecule has 6 rings (SSSR count). The van der Waals surface area contributed by atoms with Crippen LogP contribution in [0.25, 0.3) is 27.0 Å². The molecule has 0 unspecified atom stereocenters. The number of thiophene rings is 1. The minimum atomic E-state index is -4.69. The summed E-state index contributed by atoms with van der Waals surface area (Å²) in [5, 5.41) is 13.2. The van der Waals surface area contributed by atoms with Crippen molar-refractivity contribution >= 4 is 39.4 Å². The molecule has 0 spiro atoms. The molecule has 4 aromatic heterocycles. The van der Waals surface area contributed by atoms with Crippen LogP contribution in [0.5, 0.6) is 0 Å². The van der Waals surface area contributed by atoms with Crippen molar-refractivity contribution in [3.8, 4) is 10.6 Å². The van der Waals surface area contributed by atoms with Gasteiger partial charge < -0.3 is 5.32 Å². The minimum Gasteiger partial charge on any atom is -0.318 e. The van der Waals surface area contributed by atoms with Crippen molar-refractivity contribution in [1.29, 1.82) is 0 Å². The Bertz CT molecular complexity index is 1830. The number of alkyl halides is 3. The number of anilines is 1. The zero-order chi connectivity index (χ0) is 27.1. The lowest BCUT2D eigenvalue weighted by molar-refractivity contribution is -0.142. The van der Waals surface area contributed by atoms with Crippen molar-refractivity contribution in [1.82, 2.24) is 24.4 Å². The Morgan fingerprint density at radius 2 is 1.87 bits per heavy atom. The average Bonchev–Trinajstić information content (AvgIpc) is 3.67. The van der Waals surface area contributed by atoms with E-state index in [9.17, 15) is 18.0 Å². The zero-order valence-corrected chi connectivity index (χ0v) is 21.4. The molecule has 6 aromatic rings. The topological polar surface area (TPSA) is 77.1 Å². The van der Waals surface area contributed by atoms with Gasteiger partial charge in [0.15, 0.2) is 17.0 Å². The second-order valence-corrected chi connectivity index (χ2v) is 10.1. The number of fused-ring (bicyclic) bond motifs is 2. The van der Waals surface area contributed by atoms with Gasteiger partial charge in [0, 0.05) is 17.1 Å². The van der Waals surface area contributed by atoms with E-state index in [0.717, 1.165) is 33.7 Å². The number of nitrogens with one attached hydrogen (secondary N) is 1. The smallest absolute Gasteiger partial charge is 0.318 e. The number of nitrogens with zero attached hydrogens (tertiary/aromatic N) is 5. The summed E-state index contributed by atoms with van der Waals surface area (Å²) in [6, 6.07) is 19.9. The molecule has 0 atom stereocenters. The molecular formula is C28H21F3N6OS. The maximum atomic E-state index is 13.9. The largest absolute Gasteiger partial charge is 0.433 e. The first-order chi connectivity index (χ1) is 18.8. The van der Waals surface area contributed by atoms with E-state index in [4.69, 9.17) is 0 Å². The molecule has 0 saturated heterocycles. The molecule has 0 bridgehead atoms. The first-order valence-electron chi connectivity index (χ1n) is 12.2. The molecule has 1 amide bonds. The Balaban J connectivity index is 1.27. The highest BCUT2D eigenvalue weighted by molar-refractivity contribution is 7.15. The maximum Gasteiger partial charge on any atom is 0.433 e. The standard InChI is InChI=1S/C28H21F3N6OS/c1-2-20-10-11-24(39-20)22-12-25(28(29,30)31)37-26(34-22)13-23(35-37)27(38)33-19-14-32-36(16-19)15-18-8-5-7-17-6-3-4-9-21(17)18/h3-14,16H,2,15H2,1H3,(H,33,38). The van der Waals surface area contributed by atoms with Gasteiger partial charge in [-0.05, 0) is 41.0 Å². The van der Waals surface area contributed by atoms with Crippen LogP contribution < -0.4 is 5.32 Å². The summed E-state index contributed by atoms with van der Waals surface area (Å²) in [5.41, 5.74) is 0.382. The van der Waals surface area contributed by atoms with E-state index in [1.165, 1.54) is 23.6 Å². The molecular weight excluding hydrogens is 525 g/mol. The fourth-order valence-electron chi connectivity index (χ4n) is 4.43. The molecule has 4 heterocycles. The average molecular weight is 547 g/mol. The van der Waals surface area contributed by atoms with Crippen LogP contribution in [0.3, 0.4) is 0 Å². The van der Waals surface area contributed by atoms with Crippen molar-refractivity contribution in [2.24, 2.45) is 0 Å². The molecule has 196 valence electrons. The summed E-state index contributed by atoms with van der Waals surface area (Å²) in [7, 11) is 0. The fourth-order valence-corrected chi connectivity index (χ4v) is 5.34. The van der Waals surface area contributed by atoms with Crippen LogP contribution in [0.1, 0.15) is 33.5 Å². The Hall–Kier alpha value is -4.51. The lowest BCUT2D eigenvalue weighted by atomic mass is 10.0. The van der Waals surface area contributed by atoms with Crippen LogP contribution in [0, 0.1) is 0 Å². The Morgan fingerprint density at radius 1 is 1.05 bits per heavy atom. The molecule has 0 aliphatic carbocycles. The van der Waals surface area contributed by atoms with E-state index < -0.39 is 17.8 Å². The number of aryl methyl sites for hydroxylation is 1. The van der Waals surface area contributed by atoms with Gasteiger partial charge in [0.05, 0.1) is 29.0 Å². The van der Waals surface area contributed by atoms with Gasteiger partial charge >= 0.3 is 6.18 Å². The van der Waals surface area contributed by atoms with Crippen LogP contribution in [0.2, 0.25) is 0 Å². The summed E-state index contributed by atoms with van der Waals surface area (Å²) in [4.78, 5) is 19.0. The minimum absolute atomic E-state index is 0.0666. The van der Waals surface area contributed by atoms with Crippen molar-refractivity contribution in [2.45, 2.75) is 26.1 Å². The number of aromatic nitrogens is 5. The summed E-state index contributed by atoms with van der Waals surface area (Å²) in [6.45, 7) is 2.46. The maximum absolute atomic E-state index is 13.9. The highest BCUT2D eigenvalue weighted by atomic mass is 32.1. The molecule has 0 aliphatic rings. The number of halogens is 3. The van der Waals surface area contributed by atoms with Crippen molar-refractivity contribution in [2.75, 3.05) is 5.32 Å². The first kappa shape index (κ1) is 24.8. The van der Waals surface area contributed by atoms with Crippen LogP contribution in [-0.2, 0) is 19.1 Å². The summed E-state index contributed by atoms with van der Waals surface area (Å²) in [5.74, 6) is -0.663.